The number of hydrogen-bond acceptors (Lipinski definition) is 3. The van der Waals surface area contributed by atoms with Gasteiger partial charge in [-0.05, 0) is 32.0 Å². The summed E-state index contributed by atoms with van der Waals surface area (Å²) in [5, 5.41) is 0. The summed E-state index contributed by atoms with van der Waals surface area (Å²) in [5.74, 6) is -1.11. The van der Waals surface area contributed by atoms with E-state index >= 15 is 0 Å². The fourth-order valence-electron chi connectivity index (χ4n) is 2.69. The van der Waals surface area contributed by atoms with Gasteiger partial charge in [0, 0.05) is 32.2 Å². The minimum Gasteiger partial charge on any atom is -0.372 e. The summed E-state index contributed by atoms with van der Waals surface area (Å²) in [6, 6.07) is 3.17. The molecular weight excluding hydrogens is 248 g/mol. The number of benzene rings is 1. The van der Waals surface area contributed by atoms with E-state index in [2.05, 4.69) is 11.9 Å². The van der Waals surface area contributed by atoms with Gasteiger partial charge in [0.15, 0.2) is 11.6 Å². The van der Waals surface area contributed by atoms with E-state index in [9.17, 15) is 8.78 Å². The lowest BCUT2D eigenvalue weighted by atomic mass is 10.1. The zero-order valence-corrected chi connectivity index (χ0v) is 11.5. The van der Waals surface area contributed by atoms with Gasteiger partial charge in [-0.25, -0.2) is 8.78 Å². The first-order valence-corrected chi connectivity index (χ1v) is 6.59. The molecule has 0 amide bonds. The first kappa shape index (κ1) is 14.2. The SMILES string of the molecule is CN1CCC(CN(C)c2ccc(CN)c(F)c2F)C1. The van der Waals surface area contributed by atoms with Crippen molar-refractivity contribution in [3.63, 3.8) is 0 Å². The molecule has 106 valence electrons. The van der Waals surface area contributed by atoms with Gasteiger partial charge in [0.05, 0.1) is 5.69 Å². The smallest absolute Gasteiger partial charge is 0.182 e. The predicted octanol–water partition coefficient (Wildman–Crippen LogP) is 1.81. The Hall–Kier alpha value is -1.20. The Balaban J connectivity index is 2.11. The second-order valence-electron chi connectivity index (χ2n) is 5.37. The monoisotopic (exact) mass is 269 g/mol. The van der Waals surface area contributed by atoms with Gasteiger partial charge in [0.1, 0.15) is 0 Å². The zero-order chi connectivity index (χ0) is 14.0. The zero-order valence-electron chi connectivity index (χ0n) is 11.5. The molecule has 3 nitrogen and oxygen atoms in total. The maximum absolute atomic E-state index is 14.0. The third kappa shape index (κ3) is 3.04. The Morgan fingerprint density at radius 3 is 2.68 bits per heavy atom. The lowest BCUT2D eigenvalue weighted by molar-refractivity contribution is 0.395. The van der Waals surface area contributed by atoms with E-state index < -0.39 is 11.6 Å². The molecule has 2 N–H and O–H groups in total. The molecule has 1 atom stereocenters. The van der Waals surface area contributed by atoms with Crippen molar-refractivity contribution in [2.75, 3.05) is 38.6 Å². The summed E-state index contributed by atoms with van der Waals surface area (Å²) in [6.07, 6.45) is 1.10. The van der Waals surface area contributed by atoms with Crippen LogP contribution >= 0.6 is 0 Å². The molecular formula is C14H21F2N3. The minimum absolute atomic E-state index is 0.0141. The number of halogens is 2. The van der Waals surface area contributed by atoms with Crippen molar-refractivity contribution in [2.24, 2.45) is 11.7 Å². The average Bonchev–Trinajstić information content (AvgIpc) is 2.78. The van der Waals surface area contributed by atoms with Crippen molar-refractivity contribution >= 4 is 5.69 Å². The van der Waals surface area contributed by atoms with E-state index in [0.717, 1.165) is 26.1 Å². The Labute approximate surface area is 113 Å². The lowest BCUT2D eigenvalue weighted by Gasteiger charge is -2.24. The summed E-state index contributed by atoms with van der Waals surface area (Å²) in [4.78, 5) is 4.05. The molecule has 1 aliphatic heterocycles. The van der Waals surface area contributed by atoms with E-state index in [4.69, 9.17) is 5.73 Å². The van der Waals surface area contributed by atoms with Crippen LogP contribution in [-0.2, 0) is 6.54 Å². The number of likely N-dealkylation sites (tertiary alicyclic amines) is 1. The second kappa shape index (κ2) is 5.84. The molecule has 0 saturated carbocycles. The molecule has 0 spiro atoms. The van der Waals surface area contributed by atoms with Crippen LogP contribution in [0.5, 0.6) is 0 Å². The van der Waals surface area contributed by atoms with Gasteiger partial charge in [-0.2, -0.15) is 0 Å². The Kier molecular flexibility index (Phi) is 4.37. The van der Waals surface area contributed by atoms with Gasteiger partial charge in [-0.3, -0.25) is 0 Å². The molecule has 1 fully saturated rings. The first-order chi connectivity index (χ1) is 9.02. The van der Waals surface area contributed by atoms with Crippen LogP contribution in [0.15, 0.2) is 12.1 Å². The van der Waals surface area contributed by atoms with Gasteiger partial charge >= 0.3 is 0 Å². The van der Waals surface area contributed by atoms with Gasteiger partial charge in [0.25, 0.3) is 0 Å². The average molecular weight is 269 g/mol. The largest absolute Gasteiger partial charge is 0.372 e. The highest BCUT2D eigenvalue weighted by atomic mass is 19.2. The van der Waals surface area contributed by atoms with Crippen molar-refractivity contribution in [2.45, 2.75) is 13.0 Å². The Bertz CT molecular complexity index is 451. The highest BCUT2D eigenvalue weighted by Gasteiger charge is 2.23. The third-order valence-corrected chi connectivity index (χ3v) is 3.79. The van der Waals surface area contributed by atoms with Crippen LogP contribution in [0.25, 0.3) is 0 Å². The number of rotatable bonds is 4. The molecule has 1 aromatic rings. The topological polar surface area (TPSA) is 32.5 Å². The van der Waals surface area contributed by atoms with Crippen molar-refractivity contribution in [3.8, 4) is 0 Å². The molecule has 0 bridgehead atoms. The lowest BCUT2D eigenvalue weighted by Crippen LogP contribution is -2.28. The summed E-state index contributed by atoms with van der Waals surface area (Å²) in [7, 11) is 3.88. The maximum Gasteiger partial charge on any atom is 0.182 e. The van der Waals surface area contributed by atoms with Crippen LogP contribution in [0.2, 0.25) is 0 Å². The van der Waals surface area contributed by atoms with Gasteiger partial charge < -0.3 is 15.5 Å². The number of nitrogens with zero attached hydrogens (tertiary/aromatic N) is 2. The van der Waals surface area contributed by atoms with Gasteiger partial charge in [-0.1, -0.05) is 6.07 Å². The van der Waals surface area contributed by atoms with E-state index in [1.807, 2.05) is 0 Å². The summed E-state index contributed by atoms with van der Waals surface area (Å²) >= 11 is 0. The highest BCUT2D eigenvalue weighted by Crippen LogP contribution is 2.25. The van der Waals surface area contributed by atoms with E-state index in [-0.39, 0.29) is 12.1 Å². The van der Waals surface area contributed by atoms with E-state index in [0.29, 0.717) is 11.6 Å². The summed E-state index contributed by atoms with van der Waals surface area (Å²) in [5.41, 5.74) is 5.89. The minimum atomic E-state index is -0.824. The summed E-state index contributed by atoms with van der Waals surface area (Å²) < 4.78 is 27.7. The van der Waals surface area contributed by atoms with Crippen molar-refractivity contribution in [1.82, 2.24) is 4.90 Å². The third-order valence-electron chi connectivity index (χ3n) is 3.79. The number of nitrogens with two attached hydrogens (primary N) is 1. The van der Waals surface area contributed by atoms with Crippen molar-refractivity contribution in [3.05, 3.63) is 29.3 Å². The second-order valence-corrected chi connectivity index (χ2v) is 5.37. The molecule has 1 unspecified atom stereocenters. The van der Waals surface area contributed by atoms with Crippen LogP contribution in [0.3, 0.4) is 0 Å². The molecule has 5 heteroatoms. The van der Waals surface area contributed by atoms with Crippen molar-refractivity contribution < 1.29 is 8.78 Å². The Morgan fingerprint density at radius 1 is 1.37 bits per heavy atom. The molecule has 0 radical (unpaired) electrons. The standard InChI is InChI=1S/C14H21F2N3/c1-18-6-5-10(8-18)9-19(2)12-4-3-11(7-17)13(15)14(12)16/h3-4,10H,5-9,17H2,1-2H3. The van der Waals surface area contributed by atoms with Crippen LogP contribution in [0, 0.1) is 17.6 Å². The molecule has 1 aromatic carbocycles. The fraction of sp³-hybridized carbons (Fsp3) is 0.571. The molecule has 19 heavy (non-hydrogen) atoms. The Morgan fingerprint density at radius 2 is 2.11 bits per heavy atom. The molecule has 1 aliphatic rings. The van der Waals surface area contributed by atoms with Crippen molar-refractivity contribution in [1.29, 1.82) is 0 Å². The van der Waals surface area contributed by atoms with E-state index in [1.54, 1.807) is 24.1 Å². The number of hydrogen-bond donors (Lipinski definition) is 1. The number of anilines is 1. The van der Waals surface area contributed by atoms with Crippen LogP contribution < -0.4 is 10.6 Å². The van der Waals surface area contributed by atoms with E-state index in [1.165, 1.54) is 0 Å². The normalized spacial score (nSPS) is 19.9. The van der Waals surface area contributed by atoms with Crippen LogP contribution in [-0.4, -0.2) is 38.6 Å². The van der Waals surface area contributed by atoms with Gasteiger partial charge in [-0.15, -0.1) is 0 Å². The summed E-state index contributed by atoms with van der Waals surface area (Å²) in [6.45, 7) is 2.83. The van der Waals surface area contributed by atoms with Gasteiger partial charge in [0.2, 0.25) is 0 Å². The predicted molar refractivity (Wildman–Crippen MR) is 73.1 cm³/mol. The highest BCUT2D eigenvalue weighted by molar-refractivity contribution is 5.49. The maximum atomic E-state index is 14.0. The molecule has 1 saturated heterocycles. The molecule has 0 aromatic heterocycles. The van der Waals surface area contributed by atoms with Crippen LogP contribution in [0.1, 0.15) is 12.0 Å². The molecule has 1 heterocycles. The quantitative estimate of drug-likeness (QED) is 0.905. The van der Waals surface area contributed by atoms with Crippen LogP contribution in [0.4, 0.5) is 14.5 Å². The first-order valence-electron chi connectivity index (χ1n) is 6.59. The molecule has 0 aliphatic carbocycles. The molecule has 2 rings (SSSR count). The fourth-order valence-corrected chi connectivity index (χ4v) is 2.69.